The number of fused-ring (bicyclic) bond motifs is 7. The number of amides is 1. The lowest BCUT2D eigenvalue weighted by Gasteiger charge is -2.21. The average Bonchev–Trinajstić information content (AvgIpc) is 3.46. The van der Waals surface area contributed by atoms with Crippen molar-refractivity contribution in [2.75, 3.05) is 31.3 Å². The Morgan fingerprint density at radius 1 is 1.05 bits per heavy atom. The van der Waals surface area contributed by atoms with Crippen LogP contribution in [0.3, 0.4) is 0 Å². The third-order valence-corrected chi connectivity index (χ3v) is 9.52. The molecule has 10 heteroatoms. The number of nitrogens with one attached hydrogen (secondary N) is 2. The average molecular weight is 583 g/mol. The number of carbonyl (C=O) groups is 1. The maximum absolute atomic E-state index is 13.8. The van der Waals surface area contributed by atoms with E-state index >= 15 is 0 Å². The molecule has 2 fully saturated rings. The van der Waals surface area contributed by atoms with Crippen molar-refractivity contribution in [2.24, 2.45) is 18.9 Å². The van der Waals surface area contributed by atoms with E-state index in [1.165, 1.54) is 25.7 Å². The summed E-state index contributed by atoms with van der Waals surface area (Å²) in [4.78, 5) is 25.8. The van der Waals surface area contributed by atoms with Crippen LogP contribution in [0.5, 0.6) is 5.88 Å². The summed E-state index contributed by atoms with van der Waals surface area (Å²) in [5, 5.41) is 11.4. The smallest absolute Gasteiger partial charge is 0.258 e. The molecule has 43 heavy (non-hydrogen) atoms. The molecule has 1 aromatic carbocycles. The van der Waals surface area contributed by atoms with Gasteiger partial charge in [-0.3, -0.25) is 15.1 Å². The minimum atomic E-state index is -0.202. The summed E-state index contributed by atoms with van der Waals surface area (Å²) >= 11 is 0. The normalized spacial score (nSPS) is 22.8. The van der Waals surface area contributed by atoms with Gasteiger partial charge in [0.25, 0.3) is 5.91 Å². The molecular formula is C33H42N8O2. The van der Waals surface area contributed by atoms with E-state index in [9.17, 15) is 4.79 Å². The number of imidazole rings is 1. The molecule has 3 aliphatic rings. The number of pyridine rings is 1. The molecule has 2 aliphatic carbocycles. The predicted octanol–water partition coefficient (Wildman–Crippen LogP) is 5.49. The zero-order chi connectivity index (χ0) is 29.7. The Labute approximate surface area is 252 Å². The molecule has 4 heterocycles. The Kier molecular flexibility index (Phi) is 7.33. The monoisotopic (exact) mass is 582 g/mol. The number of benzene rings is 1. The molecular weight excluding hydrogens is 540 g/mol. The largest absolute Gasteiger partial charge is 0.477 e. The van der Waals surface area contributed by atoms with E-state index in [-0.39, 0.29) is 5.91 Å². The van der Waals surface area contributed by atoms with Crippen LogP contribution in [0.15, 0.2) is 36.5 Å². The molecule has 1 amide bonds. The summed E-state index contributed by atoms with van der Waals surface area (Å²) in [5.74, 6) is 2.24. The minimum absolute atomic E-state index is 0.202. The van der Waals surface area contributed by atoms with Gasteiger partial charge in [0.2, 0.25) is 11.8 Å². The van der Waals surface area contributed by atoms with Gasteiger partial charge in [-0.1, -0.05) is 0 Å². The number of anilines is 2. The van der Waals surface area contributed by atoms with Crippen LogP contribution in [0.4, 0.5) is 11.6 Å². The Bertz CT molecular complexity index is 1650. The Morgan fingerprint density at radius 2 is 1.91 bits per heavy atom. The van der Waals surface area contributed by atoms with Crippen molar-refractivity contribution in [1.82, 2.24) is 29.2 Å². The van der Waals surface area contributed by atoms with Gasteiger partial charge < -0.3 is 19.5 Å². The van der Waals surface area contributed by atoms with Gasteiger partial charge in [-0.05, 0) is 108 Å². The maximum atomic E-state index is 13.8. The van der Waals surface area contributed by atoms with E-state index in [2.05, 4.69) is 57.5 Å². The van der Waals surface area contributed by atoms with Crippen LogP contribution in [0.2, 0.25) is 0 Å². The third-order valence-electron chi connectivity index (χ3n) is 9.52. The van der Waals surface area contributed by atoms with E-state index in [1.807, 2.05) is 26.1 Å². The van der Waals surface area contributed by atoms with Gasteiger partial charge in [0.05, 0.1) is 35.1 Å². The van der Waals surface area contributed by atoms with Gasteiger partial charge in [-0.25, -0.2) is 9.67 Å². The minimum Gasteiger partial charge on any atom is -0.477 e. The number of rotatable bonds is 4. The van der Waals surface area contributed by atoms with Crippen molar-refractivity contribution < 1.29 is 9.53 Å². The van der Waals surface area contributed by atoms with Gasteiger partial charge >= 0.3 is 0 Å². The van der Waals surface area contributed by atoms with E-state index in [4.69, 9.17) is 14.7 Å². The van der Waals surface area contributed by atoms with E-state index in [1.54, 1.807) is 10.9 Å². The molecule has 3 aromatic heterocycles. The lowest BCUT2D eigenvalue weighted by Crippen LogP contribution is -2.26. The molecule has 4 aromatic rings. The quantitative estimate of drug-likeness (QED) is 0.328. The summed E-state index contributed by atoms with van der Waals surface area (Å²) in [5.41, 5.74) is 5.81. The molecule has 226 valence electrons. The molecule has 0 spiro atoms. The molecule has 0 saturated heterocycles. The highest BCUT2D eigenvalue weighted by molar-refractivity contribution is 6.05. The highest BCUT2D eigenvalue weighted by Gasteiger charge is 2.33. The molecule has 2 bridgehead atoms. The first-order valence-corrected chi connectivity index (χ1v) is 15.7. The number of aromatic nitrogens is 5. The van der Waals surface area contributed by atoms with Gasteiger partial charge in [0.15, 0.2) is 0 Å². The molecule has 2 saturated carbocycles. The molecule has 1 aliphatic heterocycles. The summed E-state index contributed by atoms with van der Waals surface area (Å²) in [6, 6.07) is 11.1. The fourth-order valence-electron chi connectivity index (χ4n) is 6.96. The maximum Gasteiger partial charge on any atom is 0.258 e. The molecule has 0 radical (unpaired) electrons. The van der Waals surface area contributed by atoms with Crippen LogP contribution >= 0.6 is 0 Å². The molecule has 2 N–H and O–H groups in total. The summed E-state index contributed by atoms with van der Waals surface area (Å²) < 4.78 is 10.3. The first kappa shape index (κ1) is 27.9. The number of nitrogens with zero attached hydrogens (tertiary/aromatic N) is 6. The number of hydrogen-bond acceptors (Lipinski definition) is 7. The first-order chi connectivity index (χ1) is 20.8. The van der Waals surface area contributed by atoms with Gasteiger partial charge in [-0.15, -0.1) is 0 Å². The highest BCUT2D eigenvalue weighted by atomic mass is 16.5. The number of hydrogen-bond donors (Lipinski definition) is 2. The fourth-order valence-corrected chi connectivity index (χ4v) is 6.96. The first-order valence-electron chi connectivity index (χ1n) is 15.7. The van der Waals surface area contributed by atoms with Crippen molar-refractivity contribution >= 4 is 28.6 Å². The predicted molar refractivity (Wildman–Crippen MR) is 169 cm³/mol. The Morgan fingerprint density at radius 3 is 2.70 bits per heavy atom. The van der Waals surface area contributed by atoms with Gasteiger partial charge in [0, 0.05) is 42.6 Å². The van der Waals surface area contributed by atoms with Crippen molar-refractivity contribution in [3.05, 3.63) is 47.8 Å². The third kappa shape index (κ3) is 5.72. The van der Waals surface area contributed by atoms with E-state index in [0.29, 0.717) is 53.6 Å². The topological polar surface area (TPSA) is 102 Å². The SMILES string of the molecule is Cc1cc2cc(n1)-c1cnn(C)c1OCCC[C@@H](C1CC1)Cn1c(nc3ccc(N[C@@H]4CC[C@@H](N(C)C)C4)cc31)NC2=O. The van der Waals surface area contributed by atoms with Crippen molar-refractivity contribution in [2.45, 2.75) is 70.5 Å². The summed E-state index contributed by atoms with van der Waals surface area (Å²) in [7, 11) is 6.22. The van der Waals surface area contributed by atoms with Crippen molar-refractivity contribution in [1.29, 1.82) is 0 Å². The van der Waals surface area contributed by atoms with Crippen LogP contribution in [-0.4, -0.2) is 67.9 Å². The second-order valence-electron chi connectivity index (χ2n) is 12.9. The summed E-state index contributed by atoms with van der Waals surface area (Å²) in [6.07, 6.45) is 9.78. The Hall–Kier alpha value is -3.92. The number of ether oxygens (including phenoxy) is 1. The molecule has 10 nitrogen and oxygen atoms in total. The van der Waals surface area contributed by atoms with Gasteiger partial charge in [0.1, 0.15) is 0 Å². The molecule has 7 rings (SSSR count). The van der Waals surface area contributed by atoms with Crippen LogP contribution < -0.4 is 15.4 Å². The zero-order valence-electron chi connectivity index (χ0n) is 25.6. The van der Waals surface area contributed by atoms with E-state index in [0.717, 1.165) is 53.8 Å². The molecule has 0 unspecified atom stereocenters. The fraction of sp³-hybridized carbons (Fsp3) is 0.515. The van der Waals surface area contributed by atoms with Crippen LogP contribution in [0, 0.1) is 18.8 Å². The number of carbonyl (C=O) groups excluding carboxylic acids is 1. The van der Waals surface area contributed by atoms with Crippen LogP contribution in [-0.2, 0) is 13.6 Å². The highest BCUT2D eigenvalue weighted by Crippen LogP contribution is 2.41. The second-order valence-corrected chi connectivity index (χ2v) is 12.9. The second kappa shape index (κ2) is 11.3. The molecule has 3 atom stereocenters. The van der Waals surface area contributed by atoms with Crippen molar-refractivity contribution in [3.8, 4) is 17.1 Å². The lowest BCUT2D eigenvalue weighted by atomic mass is 9.97. The lowest BCUT2D eigenvalue weighted by molar-refractivity contribution is 0.102. The standard InChI is InChI=1S/C33H42N8O2/c1-20-14-23-15-29(35-20)27-18-34-40(4)32(27)43-13-5-6-22(21-7-8-21)19-41-30-17-25(36-24-9-11-26(16-24)39(2)3)10-12-28(30)37-33(41)38-31(23)42/h10,12,14-15,17-18,21-22,24,26,36H,5-9,11,13,16,19H2,1-4H3,(H,37,38,42)/t22-,24-,26-/m1/s1. The number of aryl methyl sites for hydroxylation is 2. The summed E-state index contributed by atoms with van der Waals surface area (Å²) in [6.45, 7) is 3.32. The van der Waals surface area contributed by atoms with E-state index < -0.39 is 0 Å². The van der Waals surface area contributed by atoms with Crippen LogP contribution in [0.1, 0.15) is 61.0 Å². The van der Waals surface area contributed by atoms with Crippen LogP contribution in [0.25, 0.3) is 22.3 Å². The Balaban J connectivity index is 1.25. The van der Waals surface area contributed by atoms with Crippen molar-refractivity contribution in [3.63, 3.8) is 0 Å². The van der Waals surface area contributed by atoms with Gasteiger partial charge in [-0.2, -0.15) is 5.10 Å². The zero-order valence-corrected chi connectivity index (χ0v) is 25.6.